The van der Waals surface area contributed by atoms with Gasteiger partial charge in [0.05, 0.1) is 6.61 Å². The molecule has 1 aromatic rings. The molecule has 1 rings (SSSR count). The first kappa shape index (κ1) is 10.6. The van der Waals surface area contributed by atoms with E-state index in [-0.39, 0.29) is 0 Å². The zero-order chi connectivity index (χ0) is 9.36. The van der Waals surface area contributed by atoms with Crippen LogP contribution in [0.5, 0.6) is 0 Å². The molecule has 0 N–H and O–H groups in total. The molecule has 0 radical (unpaired) electrons. The average molecular weight is 196 g/mol. The van der Waals surface area contributed by atoms with Gasteiger partial charge in [0.15, 0.2) is 0 Å². The van der Waals surface area contributed by atoms with Gasteiger partial charge in [0, 0.05) is 17.3 Å². The minimum atomic E-state index is 0.855. The Balaban J connectivity index is 2.07. The number of thioether (sulfide) groups is 1. The molecule has 72 valence electrons. The molecule has 0 aliphatic carbocycles. The Hall–Kier alpha value is -0.470. The van der Waals surface area contributed by atoms with Crippen molar-refractivity contribution in [3.63, 3.8) is 0 Å². The highest BCUT2D eigenvalue weighted by atomic mass is 32.2. The van der Waals surface area contributed by atoms with Gasteiger partial charge >= 0.3 is 0 Å². The molecule has 0 amide bonds. The predicted molar refractivity (Wildman–Crippen MR) is 58.3 cm³/mol. The highest BCUT2D eigenvalue weighted by Gasteiger charge is 1.91. The summed E-state index contributed by atoms with van der Waals surface area (Å²) >= 11 is 1.85. The summed E-state index contributed by atoms with van der Waals surface area (Å²) in [6.07, 6.45) is 1.11. The maximum atomic E-state index is 5.38. The molecule has 2 heteroatoms. The van der Waals surface area contributed by atoms with Crippen LogP contribution in [-0.4, -0.2) is 19.0 Å². The molecule has 1 aromatic carbocycles. The van der Waals surface area contributed by atoms with Crippen molar-refractivity contribution in [2.75, 3.05) is 19.0 Å². The average Bonchev–Trinajstić information content (AvgIpc) is 2.19. The number of hydrogen-bond donors (Lipinski definition) is 0. The molecular weight excluding hydrogens is 180 g/mol. The monoisotopic (exact) mass is 196 g/mol. The van der Waals surface area contributed by atoms with Gasteiger partial charge < -0.3 is 4.74 Å². The quantitative estimate of drug-likeness (QED) is 0.510. The van der Waals surface area contributed by atoms with Crippen molar-refractivity contribution in [2.24, 2.45) is 0 Å². The van der Waals surface area contributed by atoms with Crippen LogP contribution in [0.15, 0.2) is 35.2 Å². The van der Waals surface area contributed by atoms with E-state index in [2.05, 4.69) is 31.2 Å². The third kappa shape index (κ3) is 4.96. The Kier molecular flexibility index (Phi) is 5.70. The molecule has 0 heterocycles. The van der Waals surface area contributed by atoms with E-state index in [4.69, 9.17) is 4.74 Å². The van der Waals surface area contributed by atoms with Crippen molar-refractivity contribution in [1.82, 2.24) is 0 Å². The van der Waals surface area contributed by atoms with Gasteiger partial charge in [-0.25, -0.2) is 0 Å². The van der Waals surface area contributed by atoms with Crippen LogP contribution in [0.2, 0.25) is 0 Å². The smallest absolute Gasteiger partial charge is 0.0560 e. The van der Waals surface area contributed by atoms with Gasteiger partial charge in [-0.15, -0.1) is 11.8 Å². The van der Waals surface area contributed by atoms with Crippen molar-refractivity contribution in [1.29, 1.82) is 0 Å². The minimum Gasteiger partial charge on any atom is -0.381 e. The Morgan fingerprint density at radius 3 is 2.62 bits per heavy atom. The van der Waals surface area contributed by atoms with Crippen LogP contribution in [0.4, 0.5) is 0 Å². The molecule has 0 fully saturated rings. The summed E-state index contributed by atoms with van der Waals surface area (Å²) in [5.74, 6) is 1.05. The third-order valence-electron chi connectivity index (χ3n) is 1.59. The molecule has 13 heavy (non-hydrogen) atoms. The van der Waals surface area contributed by atoms with Gasteiger partial charge in [0.1, 0.15) is 0 Å². The first-order chi connectivity index (χ1) is 6.43. The Bertz CT molecular complexity index is 211. The van der Waals surface area contributed by atoms with Crippen molar-refractivity contribution < 1.29 is 4.74 Å². The van der Waals surface area contributed by atoms with Gasteiger partial charge in [0.2, 0.25) is 0 Å². The fourth-order valence-electron chi connectivity index (χ4n) is 0.982. The first-order valence-corrected chi connectivity index (χ1v) is 5.67. The van der Waals surface area contributed by atoms with E-state index < -0.39 is 0 Å². The largest absolute Gasteiger partial charge is 0.381 e. The highest BCUT2D eigenvalue weighted by molar-refractivity contribution is 7.99. The highest BCUT2D eigenvalue weighted by Crippen LogP contribution is 2.16. The summed E-state index contributed by atoms with van der Waals surface area (Å²) in [4.78, 5) is 1.32. The molecule has 0 saturated carbocycles. The van der Waals surface area contributed by atoms with Gasteiger partial charge in [0.25, 0.3) is 0 Å². The second-order valence-electron chi connectivity index (χ2n) is 2.77. The lowest BCUT2D eigenvalue weighted by Crippen LogP contribution is -1.97. The molecule has 0 atom stereocenters. The van der Waals surface area contributed by atoms with Crippen LogP contribution in [0.3, 0.4) is 0 Å². The molecule has 0 aromatic heterocycles. The topological polar surface area (TPSA) is 9.23 Å². The Morgan fingerprint density at radius 2 is 1.92 bits per heavy atom. The lowest BCUT2D eigenvalue weighted by molar-refractivity contribution is 0.151. The second kappa shape index (κ2) is 6.98. The minimum absolute atomic E-state index is 0.855. The van der Waals surface area contributed by atoms with Crippen molar-refractivity contribution in [3.05, 3.63) is 30.3 Å². The SMILES string of the molecule is CCCOCCSc1ccccc1. The zero-order valence-corrected chi connectivity index (χ0v) is 8.85. The van der Waals surface area contributed by atoms with Crippen LogP contribution >= 0.6 is 11.8 Å². The summed E-state index contributed by atoms with van der Waals surface area (Å²) < 4.78 is 5.38. The van der Waals surface area contributed by atoms with Crippen LogP contribution in [0.25, 0.3) is 0 Å². The van der Waals surface area contributed by atoms with Gasteiger partial charge in [-0.3, -0.25) is 0 Å². The van der Waals surface area contributed by atoms with Crippen molar-refractivity contribution >= 4 is 11.8 Å². The number of rotatable bonds is 6. The molecule has 0 spiro atoms. The van der Waals surface area contributed by atoms with Crippen molar-refractivity contribution in [2.45, 2.75) is 18.2 Å². The van der Waals surface area contributed by atoms with Gasteiger partial charge in [-0.2, -0.15) is 0 Å². The molecule has 1 nitrogen and oxygen atoms in total. The lowest BCUT2D eigenvalue weighted by atomic mass is 10.4. The normalized spacial score (nSPS) is 10.2. The predicted octanol–water partition coefficient (Wildman–Crippen LogP) is 3.21. The Morgan fingerprint density at radius 1 is 1.15 bits per heavy atom. The molecular formula is C11H16OS. The van der Waals surface area contributed by atoms with Gasteiger partial charge in [-0.1, -0.05) is 25.1 Å². The van der Waals surface area contributed by atoms with E-state index >= 15 is 0 Å². The summed E-state index contributed by atoms with van der Waals surface area (Å²) in [5.41, 5.74) is 0. The molecule has 0 bridgehead atoms. The zero-order valence-electron chi connectivity index (χ0n) is 8.03. The Labute approximate surface area is 84.5 Å². The summed E-state index contributed by atoms with van der Waals surface area (Å²) in [6.45, 7) is 3.87. The second-order valence-corrected chi connectivity index (χ2v) is 3.94. The standard InChI is InChI=1S/C11H16OS/c1-2-8-12-9-10-13-11-6-4-3-5-7-11/h3-7H,2,8-10H2,1H3. The number of ether oxygens (including phenoxy) is 1. The number of hydrogen-bond acceptors (Lipinski definition) is 2. The number of benzene rings is 1. The van der Waals surface area contributed by atoms with Crippen LogP contribution in [0, 0.1) is 0 Å². The van der Waals surface area contributed by atoms with E-state index in [9.17, 15) is 0 Å². The van der Waals surface area contributed by atoms with E-state index in [1.165, 1.54) is 4.90 Å². The fraction of sp³-hybridized carbons (Fsp3) is 0.455. The van der Waals surface area contributed by atoms with E-state index in [1.807, 2.05) is 17.8 Å². The summed E-state index contributed by atoms with van der Waals surface area (Å²) in [7, 11) is 0. The van der Waals surface area contributed by atoms with Crippen LogP contribution in [-0.2, 0) is 4.74 Å². The molecule has 0 saturated heterocycles. The van der Waals surface area contributed by atoms with E-state index in [1.54, 1.807) is 0 Å². The van der Waals surface area contributed by atoms with Gasteiger partial charge in [-0.05, 0) is 18.6 Å². The molecule has 0 aliphatic heterocycles. The molecule has 0 unspecified atom stereocenters. The lowest BCUT2D eigenvalue weighted by Gasteiger charge is -2.02. The van der Waals surface area contributed by atoms with Crippen molar-refractivity contribution in [3.8, 4) is 0 Å². The van der Waals surface area contributed by atoms with E-state index in [0.717, 1.165) is 25.4 Å². The summed E-state index contributed by atoms with van der Waals surface area (Å²) in [5, 5.41) is 0. The first-order valence-electron chi connectivity index (χ1n) is 4.69. The maximum absolute atomic E-state index is 5.38. The van der Waals surface area contributed by atoms with E-state index in [0.29, 0.717) is 0 Å². The third-order valence-corrected chi connectivity index (χ3v) is 2.56. The van der Waals surface area contributed by atoms with Crippen LogP contribution in [0.1, 0.15) is 13.3 Å². The fourth-order valence-corrected chi connectivity index (χ4v) is 1.77. The molecule has 0 aliphatic rings. The maximum Gasteiger partial charge on any atom is 0.0560 e. The summed E-state index contributed by atoms with van der Waals surface area (Å²) in [6, 6.07) is 10.4. The van der Waals surface area contributed by atoms with Crippen LogP contribution < -0.4 is 0 Å².